The maximum absolute atomic E-state index is 6.13. The van der Waals surface area contributed by atoms with E-state index in [0.29, 0.717) is 16.0 Å². The highest BCUT2D eigenvalue weighted by molar-refractivity contribution is 8.03. The van der Waals surface area contributed by atoms with Crippen molar-refractivity contribution >= 4 is 35.0 Å². The molecule has 1 aromatic heterocycles. The Morgan fingerprint density at radius 2 is 1.75 bits per heavy atom. The first kappa shape index (κ1) is 19.0. The van der Waals surface area contributed by atoms with Gasteiger partial charge in [0.15, 0.2) is 0 Å². The number of nitrogens with zero attached hydrogens (tertiary/aromatic N) is 1. The number of allylic oxidation sites excluding steroid dienone is 1. The monoisotopic (exact) mass is 381 g/mol. The van der Waals surface area contributed by atoms with Gasteiger partial charge in [0.05, 0.1) is 5.03 Å². The van der Waals surface area contributed by atoms with Gasteiger partial charge in [-0.1, -0.05) is 48.8 Å². The van der Waals surface area contributed by atoms with Crippen molar-refractivity contribution in [3.05, 3.63) is 69.1 Å². The minimum absolute atomic E-state index is 0.358. The van der Waals surface area contributed by atoms with Gasteiger partial charge < -0.3 is 10.6 Å². The molecule has 0 aliphatic rings. The van der Waals surface area contributed by atoms with Crippen molar-refractivity contribution in [2.75, 3.05) is 7.05 Å². The second kappa shape index (κ2) is 9.21. The molecular weight excluding hydrogens is 361 g/mol. The molecule has 0 amide bonds. The van der Waals surface area contributed by atoms with E-state index >= 15 is 0 Å². The SMILES string of the molecule is CN/C(=C(\NCc1ccncc1)Sc1cc(Cl)cc(Cl)c1)C(C)C. The lowest BCUT2D eigenvalue weighted by Crippen LogP contribution is -2.21. The zero-order valence-electron chi connectivity index (χ0n) is 13.9. The van der Waals surface area contributed by atoms with Crippen LogP contribution in [0.4, 0.5) is 0 Å². The topological polar surface area (TPSA) is 37.0 Å². The van der Waals surface area contributed by atoms with Gasteiger partial charge in [0.2, 0.25) is 0 Å². The van der Waals surface area contributed by atoms with E-state index in [4.69, 9.17) is 23.2 Å². The first-order valence-electron chi connectivity index (χ1n) is 7.68. The Labute approximate surface area is 157 Å². The van der Waals surface area contributed by atoms with Gasteiger partial charge in [-0.3, -0.25) is 4.98 Å². The van der Waals surface area contributed by atoms with Crippen molar-refractivity contribution in [3.8, 4) is 0 Å². The molecule has 128 valence electrons. The number of benzene rings is 1. The third-order valence-corrected chi connectivity index (χ3v) is 4.83. The Balaban J connectivity index is 2.25. The Bertz CT molecular complexity index is 682. The Kier molecular flexibility index (Phi) is 7.28. The average Bonchev–Trinajstić information content (AvgIpc) is 2.52. The van der Waals surface area contributed by atoms with Crippen LogP contribution in [0.5, 0.6) is 0 Å². The van der Waals surface area contributed by atoms with Gasteiger partial charge in [0.25, 0.3) is 0 Å². The summed E-state index contributed by atoms with van der Waals surface area (Å²) < 4.78 is 0. The lowest BCUT2D eigenvalue weighted by molar-refractivity contribution is 0.674. The van der Waals surface area contributed by atoms with E-state index in [0.717, 1.165) is 22.2 Å². The Morgan fingerprint density at radius 1 is 1.12 bits per heavy atom. The summed E-state index contributed by atoms with van der Waals surface area (Å²) in [6.45, 7) is 5.04. The van der Waals surface area contributed by atoms with Gasteiger partial charge in [0.1, 0.15) is 0 Å². The fraction of sp³-hybridized carbons (Fsp3) is 0.278. The number of aromatic nitrogens is 1. The summed E-state index contributed by atoms with van der Waals surface area (Å²) >= 11 is 13.9. The fourth-order valence-electron chi connectivity index (χ4n) is 2.24. The highest BCUT2D eigenvalue weighted by Crippen LogP contribution is 2.32. The number of hydrogen-bond acceptors (Lipinski definition) is 4. The van der Waals surface area contributed by atoms with Gasteiger partial charge >= 0.3 is 0 Å². The van der Waals surface area contributed by atoms with Crippen molar-refractivity contribution < 1.29 is 0 Å². The van der Waals surface area contributed by atoms with Gasteiger partial charge in [-0.05, 0) is 41.8 Å². The van der Waals surface area contributed by atoms with Gasteiger partial charge in [0, 0.05) is 46.6 Å². The lowest BCUT2D eigenvalue weighted by atomic mass is 10.1. The fourth-order valence-corrected chi connectivity index (χ4v) is 4.09. The summed E-state index contributed by atoms with van der Waals surface area (Å²) in [7, 11) is 1.94. The van der Waals surface area contributed by atoms with E-state index in [1.54, 1.807) is 30.2 Å². The average molecular weight is 382 g/mol. The molecule has 1 heterocycles. The van der Waals surface area contributed by atoms with Crippen molar-refractivity contribution in [2.24, 2.45) is 5.92 Å². The molecule has 0 saturated heterocycles. The molecule has 1 aromatic carbocycles. The maximum Gasteiger partial charge on any atom is 0.0928 e. The molecule has 0 unspecified atom stereocenters. The molecule has 6 heteroatoms. The predicted molar refractivity (Wildman–Crippen MR) is 104 cm³/mol. The summed E-state index contributed by atoms with van der Waals surface area (Å²) in [6.07, 6.45) is 3.59. The number of nitrogens with one attached hydrogen (secondary N) is 2. The Hall–Kier alpha value is -1.36. The molecule has 0 fully saturated rings. The molecule has 0 aliphatic carbocycles. The zero-order chi connectivity index (χ0) is 17.5. The van der Waals surface area contributed by atoms with Crippen LogP contribution in [0.1, 0.15) is 19.4 Å². The molecule has 2 N–H and O–H groups in total. The third-order valence-electron chi connectivity index (χ3n) is 3.35. The molecule has 3 nitrogen and oxygen atoms in total. The van der Waals surface area contributed by atoms with Crippen molar-refractivity contribution in [2.45, 2.75) is 25.3 Å². The highest BCUT2D eigenvalue weighted by Gasteiger charge is 2.12. The quantitative estimate of drug-likeness (QED) is 0.636. The van der Waals surface area contributed by atoms with Gasteiger partial charge in [-0.15, -0.1) is 0 Å². The second-order valence-corrected chi connectivity index (χ2v) is 7.52. The largest absolute Gasteiger partial charge is 0.389 e. The molecule has 0 saturated carbocycles. The lowest BCUT2D eigenvalue weighted by Gasteiger charge is -2.19. The van der Waals surface area contributed by atoms with Crippen LogP contribution < -0.4 is 10.6 Å². The molecule has 0 aliphatic heterocycles. The molecule has 24 heavy (non-hydrogen) atoms. The van der Waals surface area contributed by atoms with Crippen LogP contribution in [0, 0.1) is 5.92 Å². The summed E-state index contributed by atoms with van der Waals surface area (Å²) in [5, 5.41) is 9.15. The molecule has 0 radical (unpaired) electrons. The smallest absolute Gasteiger partial charge is 0.0928 e. The van der Waals surface area contributed by atoms with Gasteiger partial charge in [-0.2, -0.15) is 0 Å². The summed E-state index contributed by atoms with van der Waals surface area (Å²) in [6, 6.07) is 9.57. The molecule has 2 aromatic rings. The van der Waals surface area contributed by atoms with E-state index in [1.807, 2.05) is 31.3 Å². The molecule has 2 rings (SSSR count). The van der Waals surface area contributed by atoms with Crippen LogP contribution in [-0.4, -0.2) is 12.0 Å². The van der Waals surface area contributed by atoms with Crippen LogP contribution in [0.25, 0.3) is 0 Å². The predicted octanol–water partition coefficient (Wildman–Crippen LogP) is 5.31. The number of halogens is 2. The highest BCUT2D eigenvalue weighted by atomic mass is 35.5. The van der Waals surface area contributed by atoms with E-state index < -0.39 is 0 Å². The van der Waals surface area contributed by atoms with Crippen LogP contribution in [0.15, 0.2) is 58.3 Å². The standard InChI is InChI=1S/C18H21Cl2N3S/c1-12(2)17(21-3)18(23-11-13-4-6-22-7-5-13)24-16-9-14(19)8-15(20)10-16/h4-10,12,21,23H,11H2,1-3H3/b18-17+. The third kappa shape index (κ3) is 5.62. The zero-order valence-corrected chi connectivity index (χ0v) is 16.3. The number of rotatable bonds is 7. The minimum Gasteiger partial charge on any atom is -0.389 e. The second-order valence-electron chi connectivity index (χ2n) is 5.56. The summed E-state index contributed by atoms with van der Waals surface area (Å²) in [5.74, 6) is 0.358. The number of pyridine rings is 1. The van der Waals surface area contributed by atoms with Crippen LogP contribution in [-0.2, 0) is 6.54 Å². The minimum atomic E-state index is 0.358. The van der Waals surface area contributed by atoms with E-state index in [-0.39, 0.29) is 0 Å². The summed E-state index contributed by atoms with van der Waals surface area (Å²) in [5.41, 5.74) is 2.32. The number of hydrogen-bond donors (Lipinski definition) is 2. The van der Waals surface area contributed by atoms with Crippen LogP contribution in [0.3, 0.4) is 0 Å². The van der Waals surface area contributed by atoms with E-state index in [9.17, 15) is 0 Å². The van der Waals surface area contributed by atoms with Crippen molar-refractivity contribution in [1.82, 2.24) is 15.6 Å². The molecule has 0 atom stereocenters. The number of thioether (sulfide) groups is 1. The summed E-state index contributed by atoms with van der Waals surface area (Å²) in [4.78, 5) is 5.05. The van der Waals surface area contributed by atoms with Gasteiger partial charge in [-0.25, -0.2) is 0 Å². The molecular formula is C18H21Cl2N3S. The Morgan fingerprint density at radius 3 is 2.29 bits per heavy atom. The van der Waals surface area contributed by atoms with E-state index in [1.165, 1.54) is 5.56 Å². The first-order chi connectivity index (χ1) is 11.5. The van der Waals surface area contributed by atoms with Crippen LogP contribution >= 0.6 is 35.0 Å². The van der Waals surface area contributed by atoms with Crippen molar-refractivity contribution in [3.63, 3.8) is 0 Å². The molecule has 0 spiro atoms. The normalized spacial score (nSPS) is 12.1. The molecule has 0 bridgehead atoms. The first-order valence-corrected chi connectivity index (χ1v) is 9.25. The van der Waals surface area contributed by atoms with Crippen LogP contribution in [0.2, 0.25) is 10.0 Å². The van der Waals surface area contributed by atoms with Crippen molar-refractivity contribution in [1.29, 1.82) is 0 Å². The van der Waals surface area contributed by atoms with E-state index in [2.05, 4.69) is 29.5 Å². The maximum atomic E-state index is 6.13.